The van der Waals surface area contributed by atoms with E-state index in [1.165, 1.54) is 10.7 Å². The number of nitrogens with one attached hydrogen (secondary N) is 1. The number of nitrogens with zero attached hydrogens (tertiary/aromatic N) is 3. The van der Waals surface area contributed by atoms with E-state index in [0.717, 1.165) is 0 Å². The smallest absolute Gasteiger partial charge is 0.409 e. The Hall–Kier alpha value is -2.55. The molecule has 2 rings (SSSR count). The minimum absolute atomic E-state index is 0.407. The molecule has 0 bridgehead atoms. The molecule has 0 aromatic carbocycles. The fourth-order valence-electron chi connectivity index (χ4n) is 1.27. The van der Waals surface area contributed by atoms with Gasteiger partial charge in [0, 0.05) is 11.9 Å². The predicted molar refractivity (Wildman–Crippen MR) is 51.6 cm³/mol. The van der Waals surface area contributed by atoms with Crippen LogP contribution in [0.5, 0.6) is 0 Å². The van der Waals surface area contributed by atoms with Gasteiger partial charge in [-0.2, -0.15) is 10.4 Å². The van der Waals surface area contributed by atoms with Crippen molar-refractivity contribution in [1.82, 2.24) is 9.61 Å². The quantitative estimate of drug-likeness (QED) is 0.729. The van der Waals surface area contributed by atoms with Gasteiger partial charge in [-0.15, -0.1) is 0 Å². The van der Waals surface area contributed by atoms with Crippen molar-refractivity contribution in [1.29, 1.82) is 5.26 Å². The van der Waals surface area contributed by atoms with Gasteiger partial charge in [0.2, 0.25) is 0 Å². The molecular formula is C9H6N4O2. The van der Waals surface area contributed by atoms with Crippen molar-refractivity contribution >= 4 is 17.3 Å². The Morgan fingerprint density at radius 3 is 3.13 bits per heavy atom. The Labute approximate surface area is 84.4 Å². The molecule has 1 amide bonds. The maximum atomic E-state index is 10.4. The first-order valence-corrected chi connectivity index (χ1v) is 4.08. The average Bonchev–Trinajstić information content (AvgIpc) is 2.59. The number of pyridine rings is 1. The highest BCUT2D eigenvalue weighted by molar-refractivity contribution is 5.84. The Morgan fingerprint density at radius 1 is 1.67 bits per heavy atom. The molecule has 0 spiro atoms. The van der Waals surface area contributed by atoms with Gasteiger partial charge < -0.3 is 5.11 Å². The van der Waals surface area contributed by atoms with E-state index in [-0.39, 0.29) is 0 Å². The van der Waals surface area contributed by atoms with Crippen LogP contribution in [0.25, 0.3) is 5.52 Å². The van der Waals surface area contributed by atoms with Crippen LogP contribution in [-0.4, -0.2) is 20.8 Å². The fraction of sp³-hybridized carbons (Fsp3) is 0. The van der Waals surface area contributed by atoms with Crippen molar-refractivity contribution in [2.75, 3.05) is 5.32 Å². The van der Waals surface area contributed by atoms with Crippen LogP contribution in [0.3, 0.4) is 0 Å². The summed E-state index contributed by atoms with van der Waals surface area (Å²) in [6.07, 6.45) is 1.87. The van der Waals surface area contributed by atoms with Crippen LogP contribution in [-0.2, 0) is 0 Å². The van der Waals surface area contributed by atoms with E-state index in [0.29, 0.717) is 16.8 Å². The van der Waals surface area contributed by atoms with Gasteiger partial charge in [-0.25, -0.2) is 9.31 Å². The Balaban J connectivity index is 2.54. The maximum Gasteiger partial charge on any atom is 0.409 e. The molecule has 0 atom stereocenters. The SMILES string of the molecule is N#Cc1cnn2ccc(NC(=O)O)cc12. The second-order valence-corrected chi connectivity index (χ2v) is 2.85. The molecule has 0 radical (unpaired) electrons. The molecule has 0 saturated carbocycles. The lowest BCUT2D eigenvalue weighted by Gasteiger charge is -2.00. The van der Waals surface area contributed by atoms with Crippen molar-refractivity contribution in [3.8, 4) is 6.07 Å². The number of carboxylic acid groups (broad SMARTS) is 1. The summed E-state index contributed by atoms with van der Waals surface area (Å²) in [7, 11) is 0. The van der Waals surface area contributed by atoms with Crippen LogP contribution in [0.2, 0.25) is 0 Å². The summed E-state index contributed by atoms with van der Waals surface area (Å²) in [6.45, 7) is 0. The summed E-state index contributed by atoms with van der Waals surface area (Å²) in [5, 5.41) is 23.4. The molecule has 2 aromatic heterocycles. The van der Waals surface area contributed by atoms with Gasteiger partial charge in [0.15, 0.2) is 0 Å². The lowest BCUT2D eigenvalue weighted by Crippen LogP contribution is -2.07. The molecule has 2 N–H and O–H groups in total. The topological polar surface area (TPSA) is 90.4 Å². The molecule has 0 unspecified atom stereocenters. The van der Waals surface area contributed by atoms with Gasteiger partial charge in [-0.3, -0.25) is 5.32 Å². The van der Waals surface area contributed by atoms with E-state index >= 15 is 0 Å². The molecule has 74 valence electrons. The van der Waals surface area contributed by atoms with Gasteiger partial charge in [-0.05, 0) is 12.1 Å². The lowest BCUT2D eigenvalue weighted by atomic mass is 10.2. The van der Waals surface area contributed by atoms with Crippen LogP contribution < -0.4 is 5.32 Å². The normalized spacial score (nSPS) is 9.80. The van der Waals surface area contributed by atoms with Crippen LogP contribution in [0, 0.1) is 11.3 Å². The average molecular weight is 202 g/mol. The van der Waals surface area contributed by atoms with Crippen LogP contribution in [0.4, 0.5) is 10.5 Å². The highest BCUT2D eigenvalue weighted by Gasteiger charge is 2.05. The van der Waals surface area contributed by atoms with E-state index in [1.807, 2.05) is 6.07 Å². The van der Waals surface area contributed by atoms with Crippen molar-refractivity contribution in [2.24, 2.45) is 0 Å². The number of nitriles is 1. The third-order valence-corrected chi connectivity index (χ3v) is 1.89. The number of hydrogen-bond acceptors (Lipinski definition) is 3. The van der Waals surface area contributed by atoms with Gasteiger partial charge in [-0.1, -0.05) is 0 Å². The highest BCUT2D eigenvalue weighted by Crippen LogP contribution is 2.15. The summed E-state index contributed by atoms with van der Waals surface area (Å²) in [6, 6.07) is 5.09. The standard InChI is InChI=1S/C9H6N4O2/c10-4-6-5-11-13-2-1-7(3-8(6)13)12-9(14)15/h1-3,5,12H,(H,14,15). The number of hydrogen-bond donors (Lipinski definition) is 2. The third-order valence-electron chi connectivity index (χ3n) is 1.89. The number of fused-ring (bicyclic) bond motifs is 1. The molecule has 6 nitrogen and oxygen atoms in total. The van der Waals surface area contributed by atoms with E-state index in [9.17, 15) is 4.79 Å². The zero-order chi connectivity index (χ0) is 10.8. The van der Waals surface area contributed by atoms with Gasteiger partial charge >= 0.3 is 6.09 Å². The van der Waals surface area contributed by atoms with Gasteiger partial charge in [0.1, 0.15) is 6.07 Å². The molecule has 0 aliphatic rings. The molecule has 0 aliphatic heterocycles. The third kappa shape index (κ3) is 1.58. The van der Waals surface area contributed by atoms with Gasteiger partial charge in [0.05, 0.1) is 17.3 Å². The van der Waals surface area contributed by atoms with Crippen LogP contribution in [0.1, 0.15) is 5.56 Å². The molecule has 0 saturated heterocycles. The monoisotopic (exact) mass is 202 g/mol. The highest BCUT2D eigenvalue weighted by atomic mass is 16.4. The maximum absolute atomic E-state index is 10.4. The van der Waals surface area contributed by atoms with E-state index in [4.69, 9.17) is 10.4 Å². The molecule has 0 fully saturated rings. The molecule has 2 aromatic rings. The van der Waals surface area contributed by atoms with Crippen LogP contribution >= 0.6 is 0 Å². The lowest BCUT2D eigenvalue weighted by molar-refractivity contribution is 0.210. The van der Waals surface area contributed by atoms with Crippen molar-refractivity contribution in [3.05, 3.63) is 30.1 Å². The van der Waals surface area contributed by atoms with E-state index in [2.05, 4.69) is 10.4 Å². The minimum atomic E-state index is -1.14. The van der Waals surface area contributed by atoms with E-state index in [1.54, 1.807) is 18.3 Å². The Bertz CT molecular complexity index is 567. The number of rotatable bonds is 1. The Morgan fingerprint density at radius 2 is 2.47 bits per heavy atom. The van der Waals surface area contributed by atoms with Crippen LogP contribution in [0.15, 0.2) is 24.5 Å². The Kier molecular flexibility index (Phi) is 1.99. The number of anilines is 1. The molecule has 2 heterocycles. The summed E-state index contributed by atoms with van der Waals surface area (Å²) in [5.74, 6) is 0. The summed E-state index contributed by atoms with van der Waals surface area (Å²) >= 11 is 0. The van der Waals surface area contributed by atoms with Crippen molar-refractivity contribution < 1.29 is 9.90 Å². The first kappa shape index (κ1) is 9.02. The number of aromatic nitrogens is 2. The second kappa shape index (κ2) is 3.31. The largest absolute Gasteiger partial charge is 0.465 e. The zero-order valence-corrected chi connectivity index (χ0v) is 7.51. The van der Waals surface area contributed by atoms with Crippen molar-refractivity contribution in [2.45, 2.75) is 0 Å². The summed E-state index contributed by atoms with van der Waals surface area (Å²) < 4.78 is 1.51. The van der Waals surface area contributed by atoms with Gasteiger partial charge in [0.25, 0.3) is 0 Å². The van der Waals surface area contributed by atoms with E-state index < -0.39 is 6.09 Å². The fourth-order valence-corrected chi connectivity index (χ4v) is 1.27. The first-order valence-electron chi connectivity index (χ1n) is 4.08. The summed E-state index contributed by atoms with van der Waals surface area (Å²) in [5.41, 5.74) is 1.39. The number of amides is 1. The second-order valence-electron chi connectivity index (χ2n) is 2.85. The zero-order valence-electron chi connectivity index (χ0n) is 7.51. The minimum Gasteiger partial charge on any atom is -0.465 e. The predicted octanol–water partition coefficient (Wildman–Crippen LogP) is 1.30. The first-order chi connectivity index (χ1) is 7.20. The molecule has 0 aliphatic carbocycles. The summed E-state index contributed by atoms with van der Waals surface area (Å²) in [4.78, 5) is 10.4. The molecular weight excluding hydrogens is 196 g/mol. The van der Waals surface area contributed by atoms with Crippen molar-refractivity contribution in [3.63, 3.8) is 0 Å². The number of carbonyl (C=O) groups is 1. The molecule has 6 heteroatoms. The molecule has 15 heavy (non-hydrogen) atoms.